The molecule has 2 aliphatic rings. The van der Waals surface area contributed by atoms with Crippen molar-refractivity contribution in [1.82, 2.24) is 15.4 Å². The molecule has 1 aromatic carbocycles. The number of nitrogens with one attached hydrogen (secondary N) is 2. The largest absolute Gasteiger partial charge is 0.337 e. The number of aromatic amines is 1. The number of aromatic nitrogens is 2. The molecule has 0 aliphatic heterocycles. The van der Waals surface area contributed by atoms with E-state index in [4.69, 9.17) is 0 Å². The topological polar surface area (TPSA) is 70.1 Å². The molecule has 5 nitrogen and oxygen atoms in total. The van der Waals surface area contributed by atoms with Gasteiger partial charge in [0.1, 0.15) is 0 Å². The minimum Gasteiger partial charge on any atom is -0.337 e. The Morgan fingerprint density at radius 1 is 1.29 bits per heavy atom. The summed E-state index contributed by atoms with van der Waals surface area (Å²) in [6, 6.07) is 7.81. The zero-order chi connectivity index (χ0) is 14.2. The number of amides is 1. The first kappa shape index (κ1) is 12.6. The van der Waals surface area contributed by atoms with Crippen LogP contribution in [-0.4, -0.2) is 22.1 Å². The highest BCUT2D eigenvalue weighted by atomic mass is 16.2. The normalized spacial score (nSPS) is 27.7. The Bertz CT molecular complexity index is 660. The van der Waals surface area contributed by atoms with Gasteiger partial charge in [0.25, 0.3) is 0 Å². The highest BCUT2D eigenvalue weighted by Crippen LogP contribution is 2.55. The zero-order valence-electron chi connectivity index (χ0n) is 11.7. The van der Waals surface area contributed by atoms with E-state index in [-0.39, 0.29) is 11.8 Å². The van der Waals surface area contributed by atoms with Crippen LogP contribution in [0.25, 0.3) is 11.0 Å². The molecule has 0 saturated heterocycles. The van der Waals surface area contributed by atoms with Gasteiger partial charge in [0, 0.05) is 5.92 Å². The molecule has 108 valence electrons. The lowest BCUT2D eigenvalue weighted by molar-refractivity contribution is -0.122. The molecular formula is C16H18N4O. The summed E-state index contributed by atoms with van der Waals surface area (Å²) in [5.74, 6) is 2.14. The van der Waals surface area contributed by atoms with E-state index in [9.17, 15) is 4.79 Å². The van der Waals surface area contributed by atoms with Crippen molar-refractivity contribution >= 4 is 23.2 Å². The Morgan fingerprint density at radius 2 is 2.05 bits per heavy atom. The lowest BCUT2D eigenvalue weighted by atomic mass is 10.0. The number of carbonyl (C=O) groups is 1. The first-order chi connectivity index (χ1) is 10.3. The molecule has 1 amide bonds. The highest BCUT2D eigenvalue weighted by molar-refractivity contribution is 5.86. The zero-order valence-corrected chi connectivity index (χ0v) is 11.7. The Morgan fingerprint density at radius 3 is 2.81 bits per heavy atom. The first-order valence-corrected chi connectivity index (χ1v) is 7.60. The number of nitrogens with zero attached hydrogens (tertiary/aromatic N) is 2. The van der Waals surface area contributed by atoms with Crippen molar-refractivity contribution in [2.75, 3.05) is 0 Å². The molecular weight excluding hydrogens is 264 g/mol. The monoisotopic (exact) mass is 282 g/mol. The second-order valence-electron chi connectivity index (χ2n) is 6.01. The smallest absolute Gasteiger partial charge is 0.243 e. The van der Waals surface area contributed by atoms with Crippen molar-refractivity contribution in [3.8, 4) is 0 Å². The van der Waals surface area contributed by atoms with Crippen molar-refractivity contribution in [2.24, 2.45) is 22.9 Å². The van der Waals surface area contributed by atoms with Gasteiger partial charge < -0.3 is 4.98 Å². The summed E-state index contributed by atoms with van der Waals surface area (Å²) in [7, 11) is 0. The lowest BCUT2D eigenvalue weighted by Gasteiger charge is -2.04. The molecule has 0 bridgehead atoms. The van der Waals surface area contributed by atoms with Gasteiger partial charge in [-0.1, -0.05) is 25.0 Å². The molecule has 2 aliphatic carbocycles. The van der Waals surface area contributed by atoms with Crippen molar-refractivity contribution in [3.05, 3.63) is 30.1 Å². The van der Waals surface area contributed by atoms with Crippen molar-refractivity contribution in [3.63, 3.8) is 0 Å². The SMILES string of the molecule is O=C(N/N=C\c1nc2ccccc2[nH]1)C1[C@H]2CCCC[C@H]12. The Labute approximate surface area is 122 Å². The molecule has 2 atom stereocenters. The second-order valence-corrected chi connectivity index (χ2v) is 6.01. The fourth-order valence-electron chi connectivity index (χ4n) is 3.65. The summed E-state index contributed by atoms with van der Waals surface area (Å²) in [5, 5.41) is 4.04. The number of imidazole rings is 1. The molecule has 4 rings (SSSR count). The van der Waals surface area contributed by atoms with Gasteiger partial charge in [0.05, 0.1) is 17.2 Å². The number of hydrogen-bond acceptors (Lipinski definition) is 3. The van der Waals surface area contributed by atoms with Crippen LogP contribution < -0.4 is 5.43 Å². The molecule has 2 aromatic rings. The lowest BCUT2D eigenvalue weighted by Crippen LogP contribution is -2.20. The quantitative estimate of drug-likeness (QED) is 0.670. The summed E-state index contributed by atoms with van der Waals surface area (Å²) in [5.41, 5.74) is 4.54. The summed E-state index contributed by atoms with van der Waals surface area (Å²) in [6.07, 6.45) is 6.52. The molecule has 21 heavy (non-hydrogen) atoms. The molecule has 0 unspecified atom stereocenters. The average molecular weight is 282 g/mol. The summed E-state index contributed by atoms with van der Waals surface area (Å²) < 4.78 is 0. The van der Waals surface area contributed by atoms with Crippen LogP contribution in [-0.2, 0) is 4.79 Å². The predicted molar refractivity (Wildman–Crippen MR) is 80.8 cm³/mol. The van der Waals surface area contributed by atoms with Crippen LogP contribution in [0.1, 0.15) is 31.5 Å². The van der Waals surface area contributed by atoms with E-state index in [1.807, 2.05) is 24.3 Å². The van der Waals surface area contributed by atoms with E-state index in [1.165, 1.54) is 25.7 Å². The molecule has 1 aromatic heterocycles. The van der Waals surface area contributed by atoms with Crippen LogP contribution in [0.5, 0.6) is 0 Å². The number of H-pyrrole nitrogens is 1. The van der Waals surface area contributed by atoms with E-state index in [1.54, 1.807) is 6.21 Å². The molecule has 0 spiro atoms. The number of hydrazone groups is 1. The van der Waals surface area contributed by atoms with E-state index < -0.39 is 0 Å². The minimum atomic E-state index is 0.0688. The number of para-hydroxylation sites is 2. The maximum atomic E-state index is 12.1. The van der Waals surface area contributed by atoms with E-state index in [0.717, 1.165) is 11.0 Å². The average Bonchev–Trinajstić information content (AvgIpc) is 3.09. The predicted octanol–water partition coefficient (Wildman–Crippen LogP) is 2.45. The number of carbonyl (C=O) groups excluding carboxylic acids is 1. The number of rotatable bonds is 3. The van der Waals surface area contributed by atoms with E-state index in [2.05, 4.69) is 20.5 Å². The molecule has 1 heterocycles. The van der Waals surface area contributed by atoms with Gasteiger partial charge >= 0.3 is 0 Å². The van der Waals surface area contributed by atoms with Crippen LogP contribution in [0.15, 0.2) is 29.4 Å². The summed E-state index contributed by atoms with van der Waals surface area (Å²) >= 11 is 0. The molecule has 2 saturated carbocycles. The van der Waals surface area contributed by atoms with Gasteiger partial charge in [-0.3, -0.25) is 4.79 Å². The number of hydrogen-bond donors (Lipinski definition) is 2. The van der Waals surface area contributed by atoms with Gasteiger partial charge in [-0.05, 0) is 36.8 Å². The molecule has 5 heteroatoms. The van der Waals surface area contributed by atoms with Gasteiger partial charge in [-0.25, -0.2) is 10.4 Å². The standard InChI is InChI=1S/C16H18N4O/c21-16(15-10-5-1-2-6-11(10)15)20-17-9-14-18-12-7-3-4-8-13(12)19-14/h3-4,7-11,15H,1-2,5-6H2,(H,18,19)(H,20,21)/b17-9-/t10-,11-/m0/s1. The van der Waals surface area contributed by atoms with Crippen molar-refractivity contribution in [2.45, 2.75) is 25.7 Å². The molecule has 2 N–H and O–H groups in total. The maximum absolute atomic E-state index is 12.1. The van der Waals surface area contributed by atoms with Gasteiger partial charge in [-0.2, -0.15) is 5.10 Å². The van der Waals surface area contributed by atoms with Crippen LogP contribution >= 0.6 is 0 Å². The fourth-order valence-corrected chi connectivity index (χ4v) is 3.65. The molecule has 2 fully saturated rings. The van der Waals surface area contributed by atoms with Crippen molar-refractivity contribution in [1.29, 1.82) is 0 Å². The highest BCUT2D eigenvalue weighted by Gasteiger charge is 2.54. The van der Waals surface area contributed by atoms with Gasteiger partial charge in [0.2, 0.25) is 5.91 Å². The van der Waals surface area contributed by atoms with E-state index >= 15 is 0 Å². The van der Waals surface area contributed by atoms with Crippen molar-refractivity contribution < 1.29 is 4.79 Å². The van der Waals surface area contributed by atoms with Crippen LogP contribution in [0.3, 0.4) is 0 Å². The van der Waals surface area contributed by atoms with Crippen LogP contribution in [0, 0.1) is 17.8 Å². The fraction of sp³-hybridized carbons (Fsp3) is 0.438. The molecule has 0 radical (unpaired) electrons. The minimum absolute atomic E-state index is 0.0688. The first-order valence-electron chi connectivity index (χ1n) is 7.60. The third-order valence-corrected chi connectivity index (χ3v) is 4.73. The van der Waals surface area contributed by atoms with Crippen LogP contribution in [0.2, 0.25) is 0 Å². The van der Waals surface area contributed by atoms with Crippen LogP contribution in [0.4, 0.5) is 0 Å². The maximum Gasteiger partial charge on any atom is 0.243 e. The number of benzene rings is 1. The van der Waals surface area contributed by atoms with Gasteiger partial charge in [0.15, 0.2) is 5.82 Å². The second kappa shape index (κ2) is 4.98. The Balaban J connectivity index is 1.38. The number of fused-ring (bicyclic) bond motifs is 2. The summed E-state index contributed by atoms with van der Waals surface area (Å²) in [4.78, 5) is 19.6. The third-order valence-electron chi connectivity index (χ3n) is 4.73. The third kappa shape index (κ3) is 2.33. The van der Waals surface area contributed by atoms with E-state index in [0.29, 0.717) is 17.7 Å². The summed E-state index contributed by atoms with van der Waals surface area (Å²) in [6.45, 7) is 0. The Kier molecular flexibility index (Phi) is 2.98. The van der Waals surface area contributed by atoms with Gasteiger partial charge in [-0.15, -0.1) is 0 Å². The Hall–Kier alpha value is -2.17.